The van der Waals surface area contributed by atoms with E-state index in [0.717, 1.165) is 18.6 Å². The lowest BCUT2D eigenvalue weighted by Crippen LogP contribution is -2.09. The van der Waals surface area contributed by atoms with Crippen molar-refractivity contribution in [2.75, 3.05) is 0 Å². The standard InChI is InChI=1S/C15H16OS/c17-15(16-14-9-5-2-6-10-14)12-11-13-7-3-1-4-8-13/h1-10,15,17H,11-12H2. The van der Waals surface area contributed by atoms with Gasteiger partial charge in [-0.2, -0.15) is 0 Å². The van der Waals surface area contributed by atoms with E-state index in [9.17, 15) is 0 Å². The lowest BCUT2D eigenvalue weighted by molar-refractivity contribution is 0.279. The molecule has 0 aliphatic carbocycles. The van der Waals surface area contributed by atoms with E-state index in [0.29, 0.717) is 0 Å². The molecule has 1 nitrogen and oxygen atoms in total. The number of hydrogen-bond acceptors (Lipinski definition) is 2. The van der Waals surface area contributed by atoms with Crippen LogP contribution in [0.5, 0.6) is 5.75 Å². The Morgan fingerprint density at radius 2 is 1.47 bits per heavy atom. The number of benzene rings is 2. The SMILES string of the molecule is SC(CCc1ccccc1)Oc1ccccc1. The van der Waals surface area contributed by atoms with Gasteiger partial charge in [0.2, 0.25) is 0 Å². The van der Waals surface area contributed by atoms with Crippen molar-refractivity contribution in [1.29, 1.82) is 0 Å². The van der Waals surface area contributed by atoms with Crippen molar-refractivity contribution in [3.8, 4) is 5.75 Å². The first-order valence-electron chi connectivity index (χ1n) is 5.78. The van der Waals surface area contributed by atoms with Crippen LogP contribution in [0.15, 0.2) is 60.7 Å². The summed E-state index contributed by atoms with van der Waals surface area (Å²) in [5.74, 6) is 0.876. The molecule has 2 aromatic rings. The maximum atomic E-state index is 5.70. The van der Waals surface area contributed by atoms with E-state index in [2.05, 4.69) is 36.9 Å². The van der Waals surface area contributed by atoms with Crippen molar-refractivity contribution >= 4 is 12.6 Å². The molecule has 0 radical (unpaired) electrons. The highest BCUT2D eigenvalue weighted by Gasteiger charge is 2.04. The van der Waals surface area contributed by atoms with Crippen LogP contribution in [0.1, 0.15) is 12.0 Å². The minimum atomic E-state index is -0.0578. The lowest BCUT2D eigenvalue weighted by atomic mass is 10.1. The molecule has 2 heteroatoms. The summed E-state index contributed by atoms with van der Waals surface area (Å²) in [7, 11) is 0. The smallest absolute Gasteiger partial charge is 0.142 e. The van der Waals surface area contributed by atoms with Gasteiger partial charge in [0.05, 0.1) is 0 Å². The van der Waals surface area contributed by atoms with Crippen LogP contribution in [0.3, 0.4) is 0 Å². The van der Waals surface area contributed by atoms with Crippen molar-refractivity contribution in [2.45, 2.75) is 18.3 Å². The second kappa shape index (κ2) is 6.36. The van der Waals surface area contributed by atoms with Crippen LogP contribution in [0, 0.1) is 0 Å². The summed E-state index contributed by atoms with van der Waals surface area (Å²) in [6.07, 6.45) is 1.89. The van der Waals surface area contributed by atoms with Crippen LogP contribution in [-0.4, -0.2) is 5.44 Å². The molecule has 1 unspecified atom stereocenters. The van der Waals surface area contributed by atoms with E-state index < -0.39 is 0 Å². The van der Waals surface area contributed by atoms with Crippen molar-refractivity contribution in [1.82, 2.24) is 0 Å². The molecule has 0 amide bonds. The highest BCUT2D eigenvalue weighted by Crippen LogP contribution is 2.16. The molecule has 0 fully saturated rings. The summed E-state index contributed by atoms with van der Waals surface area (Å²) in [5.41, 5.74) is 1.26. The Labute approximate surface area is 108 Å². The Balaban J connectivity index is 1.80. The van der Waals surface area contributed by atoms with E-state index >= 15 is 0 Å². The maximum absolute atomic E-state index is 5.70. The van der Waals surface area contributed by atoms with Crippen LogP contribution >= 0.6 is 12.6 Å². The predicted octanol–water partition coefficient (Wildman–Crippen LogP) is 3.95. The van der Waals surface area contributed by atoms with Gasteiger partial charge in [-0.25, -0.2) is 0 Å². The average Bonchev–Trinajstić information content (AvgIpc) is 2.39. The van der Waals surface area contributed by atoms with Crippen molar-refractivity contribution in [3.63, 3.8) is 0 Å². The zero-order chi connectivity index (χ0) is 11.9. The van der Waals surface area contributed by atoms with Gasteiger partial charge in [-0.15, -0.1) is 12.6 Å². The molecule has 0 aliphatic rings. The fourth-order valence-corrected chi connectivity index (χ4v) is 1.90. The van der Waals surface area contributed by atoms with Gasteiger partial charge in [-0.3, -0.25) is 0 Å². The first kappa shape index (κ1) is 12.1. The second-order valence-electron chi connectivity index (χ2n) is 3.91. The highest BCUT2D eigenvalue weighted by molar-refractivity contribution is 7.80. The molecule has 0 heterocycles. The van der Waals surface area contributed by atoms with Crippen LogP contribution in [0.25, 0.3) is 0 Å². The van der Waals surface area contributed by atoms with Gasteiger partial charge in [0.15, 0.2) is 0 Å². The largest absolute Gasteiger partial charge is 0.480 e. The summed E-state index contributed by atoms with van der Waals surface area (Å²) < 4.78 is 5.70. The minimum absolute atomic E-state index is 0.0578. The van der Waals surface area contributed by atoms with E-state index in [1.807, 2.05) is 36.4 Å². The second-order valence-corrected chi connectivity index (χ2v) is 4.49. The monoisotopic (exact) mass is 244 g/mol. The van der Waals surface area contributed by atoms with E-state index in [4.69, 9.17) is 4.74 Å². The Kier molecular flexibility index (Phi) is 4.51. The first-order chi connectivity index (χ1) is 8.34. The summed E-state index contributed by atoms with van der Waals surface area (Å²) >= 11 is 4.45. The van der Waals surface area contributed by atoms with Gasteiger partial charge in [0.1, 0.15) is 11.2 Å². The summed E-state index contributed by atoms with van der Waals surface area (Å²) in [6, 6.07) is 20.2. The quantitative estimate of drug-likeness (QED) is 0.619. The van der Waals surface area contributed by atoms with Gasteiger partial charge >= 0.3 is 0 Å². The van der Waals surface area contributed by atoms with Crippen LogP contribution < -0.4 is 4.74 Å². The molecule has 0 saturated heterocycles. The summed E-state index contributed by atoms with van der Waals surface area (Å²) in [6.45, 7) is 0. The molecular formula is C15H16OS. The Morgan fingerprint density at radius 3 is 2.12 bits per heavy atom. The number of rotatable bonds is 5. The molecule has 17 heavy (non-hydrogen) atoms. The van der Waals surface area contributed by atoms with E-state index in [-0.39, 0.29) is 5.44 Å². The van der Waals surface area contributed by atoms with Crippen molar-refractivity contribution < 1.29 is 4.74 Å². The average molecular weight is 244 g/mol. The lowest BCUT2D eigenvalue weighted by Gasteiger charge is -2.13. The van der Waals surface area contributed by atoms with Crippen LogP contribution in [0.4, 0.5) is 0 Å². The molecule has 0 N–H and O–H groups in total. The van der Waals surface area contributed by atoms with Gasteiger partial charge < -0.3 is 4.74 Å². The number of hydrogen-bond donors (Lipinski definition) is 1. The van der Waals surface area contributed by atoms with Gasteiger partial charge in [0, 0.05) is 0 Å². The van der Waals surface area contributed by atoms with E-state index in [1.165, 1.54) is 5.56 Å². The third-order valence-corrected chi connectivity index (χ3v) is 2.90. The topological polar surface area (TPSA) is 9.23 Å². The number of para-hydroxylation sites is 1. The van der Waals surface area contributed by atoms with Crippen molar-refractivity contribution in [2.24, 2.45) is 0 Å². The molecule has 0 spiro atoms. The molecule has 2 rings (SSSR count). The van der Waals surface area contributed by atoms with Crippen molar-refractivity contribution in [3.05, 3.63) is 66.2 Å². The van der Waals surface area contributed by atoms with Gasteiger partial charge in [-0.05, 0) is 30.5 Å². The fraction of sp³-hybridized carbons (Fsp3) is 0.200. The van der Waals surface area contributed by atoms with Crippen LogP contribution in [0.2, 0.25) is 0 Å². The third kappa shape index (κ3) is 4.16. The molecular weight excluding hydrogens is 228 g/mol. The van der Waals surface area contributed by atoms with Gasteiger partial charge in [0.25, 0.3) is 0 Å². The molecule has 0 bridgehead atoms. The van der Waals surface area contributed by atoms with E-state index in [1.54, 1.807) is 0 Å². The highest BCUT2D eigenvalue weighted by atomic mass is 32.1. The Morgan fingerprint density at radius 1 is 0.882 bits per heavy atom. The molecule has 1 atom stereocenters. The molecule has 2 aromatic carbocycles. The molecule has 88 valence electrons. The molecule has 0 saturated carbocycles. The number of thiol groups is 1. The number of aryl methyl sites for hydroxylation is 1. The molecule has 0 aliphatic heterocycles. The Hall–Kier alpha value is -1.41. The minimum Gasteiger partial charge on any atom is -0.480 e. The molecule has 0 aromatic heterocycles. The van der Waals surface area contributed by atoms with Gasteiger partial charge in [-0.1, -0.05) is 48.5 Å². The fourth-order valence-electron chi connectivity index (χ4n) is 1.65. The first-order valence-corrected chi connectivity index (χ1v) is 6.30. The summed E-state index contributed by atoms with van der Waals surface area (Å²) in [4.78, 5) is 0. The van der Waals surface area contributed by atoms with Crippen LogP contribution in [-0.2, 0) is 6.42 Å². The summed E-state index contributed by atoms with van der Waals surface area (Å²) in [5, 5.41) is 0. The zero-order valence-electron chi connectivity index (χ0n) is 9.62. The normalized spacial score (nSPS) is 12.1. The maximum Gasteiger partial charge on any atom is 0.142 e. The third-order valence-electron chi connectivity index (χ3n) is 2.54. The zero-order valence-corrected chi connectivity index (χ0v) is 10.5. The number of ether oxygens (including phenoxy) is 1. The Bertz CT molecular complexity index is 427. The predicted molar refractivity (Wildman–Crippen MR) is 74.6 cm³/mol.